The molecule has 3 nitrogen and oxygen atoms in total. The molecule has 0 saturated carbocycles. The van der Waals surface area contributed by atoms with E-state index in [2.05, 4.69) is 10.6 Å². The van der Waals surface area contributed by atoms with Crippen molar-refractivity contribution in [3.05, 3.63) is 58.1 Å². The number of nitrogens with one attached hydrogen (secondary N) is 2. The molecule has 0 saturated heterocycles. The van der Waals surface area contributed by atoms with Gasteiger partial charge in [-0.3, -0.25) is 4.79 Å². The first-order valence-corrected chi connectivity index (χ1v) is 7.30. The average molecular weight is 323 g/mol. The van der Waals surface area contributed by atoms with Gasteiger partial charge in [0.1, 0.15) is 0 Å². The second-order valence-corrected chi connectivity index (χ2v) is 5.70. The Kier molecular flexibility index (Phi) is 5.10. The summed E-state index contributed by atoms with van der Waals surface area (Å²) in [7, 11) is 0. The molecular weight excluding hydrogens is 307 g/mol. The molecule has 0 fully saturated rings. The van der Waals surface area contributed by atoms with Gasteiger partial charge in [-0.2, -0.15) is 0 Å². The van der Waals surface area contributed by atoms with Gasteiger partial charge in [0.15, 0.2) is 0 Å². The SMILES string of the molecule is CC(=O)Nc1cccc(C(C)Nc2cc(Cl)cc(Cl)c2)c1. The molecule has 0 bridgehead atoms. The molecule has 5 heteroatoms. The standard InChI is InChI=1S/C16H16Cl2N2O/c1-10(19-16-8-13(17)7-14(18)9-16)12-4-3-5-15(6-12)20-11(2)21/h3-10,19H,1-2H3,(H,20,21). The third-order valence-electron chi connectivity index (χ3n) is 2.95. The monoisotopic (exact) mass is 322 g/mol. The Morgan fingerprint density at radius 1 is 1.05 bits per heavy atom. The van der Waals surface area contributed by atoms with Gasteiger partial charge < -0.3 is 10.6 Å². The molecule has 0 aliphatic heterocycles. The summed E-state index contributed by atoms with van der Waals surface area (Å²) in [6, 6.07) is 13.1. The predicted octanol–water partition coefficient (Wildman–Crippen LogP) is 5.12. The smallest absolute Gasteiger partial charge is 0.221 e. The fourth-order valence-corrected chi connectivity index (χ4v) is 2.59. The first-order chi connectivity index (χ1) is 9.94. The number of rotatable bonds is 4. The third kappa shape index (κ3) is 4.66. The normalized spacial score (nSPS) is 11.8. The summed E-state index contributed by atoms with van der Waals surface area (Å²) in [4.78, 5) is 11.1. The molecule has 1 atom stereocenters. The van der Waals surface area contributed by atoms with Gasteiger partial charge in [0.05, 0.1) is 0 Å². The third-order valence-corrected chi connectivity index (χ3v) is 3.39. The summed E-state index contributed by atoms with van der Waals surface area (Å²) in [5.41, 5.74) is 2.68. The van der Waals surface area contributed by atoms with Gasteiger partial charge in [0.25, 0.3) is 0 Å². The minimum Gasteiger partial charge on any atom is -0.378 e. The van der Waals surface area contributed by atoms with Crippen molar-refractivity contribution in [3.8, 4) is 0 Å². The number of benzene rings is 2. The van der Waals surface area contributed by atoms with Crippen LogP contribution in [0, 0.1) is 0 Å². The topological polar surface area (TPSA) is 41.1 Å². The molecule has 0 aliphatic rings. The fraction of sp³-hybridized carbons (Fsp3) is 0.188. The molecule has 0 aromatic heterocycles. The maximum Gasteiger partial charge on any atom is 0.221 e. The summed E-state index contributed by atoms with van der Waals surface area (Å²) >= 11 is 12.0. The van der Waals surface area contributed by atoms with Crippen LogP contribution in [0.1, 0.15) is 25.5 Å². The van der Waals surface area contributed by atoms with Gasteiger partial charge in [-0.15, -0.1) is 0 Å². The Labute approximate surface area is 134 Å². The lowest BCUT2D eigenvalue weighted by atomic mass is 10.1. The number of amides is 1. The zero-order valence-corrected chi connectivity index (χ0v) is 13.3. The van der Waals surface area contributed by atoms with Crippen molar-refractivity contribution in [1.29, 1.82) is 0 Å². The lowest BCUT2D eigenvalue weighted by Gasteiger charge is -2.17. The van der Waals surface area contributed by atoms with Crippen molar-refractivity contribution in [2.45, 2.75) is 19.9 Å². The van der Waals surface area contributed by atoms with Crippen LogP contribution in [0.15, 0.2) is 42.5 Å². The summed E-state index contributed by atoms with van der Waals surface area (Å²) in [5, 5.41) is 7.29. The van der Waals surface area contributed by atoms with Crippen molar-refractivity contribution in [1.82, 2.24) is 0 Å². The Morgan fingerprint density at radius 3 is 2.33 bits per heavy atom. The van der Waals surface area contributed by atoms with E-state index in [0.29, 0.717) is 10.0 Å². The number of halogens is 2. The minimum atomic E-state index is -0.0885. The fourth-order valence-electron chi connectivity index (χ4n) is 2.06. The molecule has 2 aromatic carbocycles. The van der Waals surface area contributed by atoms with E-state index in [-0.39, 0.29) is 11.9 Å². The molecule has 2 rings (SSSR count). The van der Waals surface area contributed by atoms with Gasteiger partial charge in [0, 0.05) is 34.4 Å². The predicted molar refractivity (Wildman–Crippen MR) is 89.2 cm³/mol. The molecular formula is C16H16Cl2N2O. The van der Waals surface area contributed by atoms with Crippen molar-refractivity contribution in [2.75, 3.05) is 10.6 Å². The van der Waals surface area contributed by atoms with Crippen molar-refractivity contribution >= 4 is 40.5 Å². The van der Waals surface area contributed by atoms with E-state index < -0.39 is 0 Å². The molecule has 110 valence electrons. The van der Waals surface area contributed by atoms with Crippen LogP contribution in [0.5, 0.6) is 0 Å². The van der Waals surface area contributed by atoms with E-state index in [4.69, 9.17) is 23.2 Å². The molecule has 2 N–H and O–H groups in total. The number of carbonyl (C=O) groups excluding carboxylic acids is 1. The molecule has 2 aromatic rings. The lowest BCUT2D eigenvalue weighted by molar-refractivity contribution is -0.114. The van der Waals surface area contributed by atoms with Gasteiger partial charge in [-0.1, -0.05) is 35.3 Å². The largest absolute Gasteiger partial charge is 0.378 e. The number of hydrogen-bond acceptors (Lipinski definition) is 2. The highest BCUT2D eigenvalue weighted by Crippen LogP contribution is 2.26. The van der Waals surface area contributed by atoms with E-state index in [9.17, 15) is 4.79 Å². The first-order valence-electron chi connectivity index (χ1n) is 6.54. The highest BCUT2D eigenvalue weighted by atomic mass is 35.5. The zero-order chi connectivity index (χ0) is 15.4. The van der Waals surface area contributed by atoms with Crippen LogP contribution in [0.3, 0.4) is 0 Å². The van der Waals surface area contributed by atoms with E-state index >= 15 is 0 Å². The van der Waals surface area contributed by atoms with Crippen LogP contribution >= 0.6 is 23.2 Å². The van der Waals surface area contributed by atoms with Gasteiger partial charge in [0.2, 0.25) is 5.91 Å². The Balaban J connectivity index is 2.16. The van der Waals surface area contributed by atoms with E-state index in [1.807, 2.05) is 43.3 Å². The summed E-state index contributed by atoms with van der Waals surface area (Å²) in [6.45, 7) is 3.52. The Morgan fingerprint density at radius 2 is 1.71 bits per heavy atom. The van der Waals surface area contributed by atoms with Crippen molar-refractivity contribution < 1.29 is 4.79 Å². The van der Waals surface area contributed by atoms with Crippen LogP contribution in [0.25, 0.3) is 0 Å². The minimum absolute atomic E-state index is 0.0493. The number of carbonyl (C=O) groups is 1. The molecule has 1 amide bonds. The Bertz CT molecular complexity index is 638. The van der Waals surface area contributed by atoms with Crippen LogP contribution in [-0.2, 0) is 4.79 Å². The van der Waals surface area contributed by atoms with E-state index in [0.717, 1.165) is 16.9 Å². The van der Waals surface area contributed by atoms with Gasteiger partial charge >= 0.3 is 0 Å². The average Bonchev–Trinajstić information content (AvgIpc) is 2.36. The van der Waals surface area contributed by atoms with Crippen LogP contribution < -0.4 is 10.6 Å². The number of hydrogen-bond donors (Lipinski definition) is 2. The number of anilines is 2. The first kappa shape index (κ1) is 15.7. The van der Waals surface area contributed by atoms with Crippen LogP contribution in [0.2, 0.25) is 10.0 Å². The zero-order valence-electron chi connectivity index (χ0n) is 11.8. The van der Waals surface area contributed by atoms with E-state index in [1.54, 1.807) is 6.07 Å². The molecule has 0 heterocycles. The van der Waals surface area contributed by atoms with Crippen LogP contribution in [0.4, 0.5) is 11.4 Å². The highest BCUT2D eigenvalue weighted by Gasteiger charge is 2.08. The second-order valence-electron chi connectivity index (χ2n) is 4.83. The molecule has 0 aliphatic carbocycles. The molecule has 1 unspecified atom stereocenters. The van der Waals surface area contributed by atoms with Gasteiger partial charge in [-0.25, -0.2) is 0 Å². The van der Waals surface area contributed by atoms with Gasteiger partial charge in [-0.05, 0) is 42.8 Å². The van der Waals surface area contributed by atoms with Crippen molar-refractivity contribution in [2.24, 2.45) is 0 Å². The Hall–Kier alpha value is -1.71. The molecule has 21 heavy (non-hydrogen) atoms. The molecule has 0 spiro atoms. The maximum absolute atomic E-state index is 11.1. The quantitative estimate of drug-likeness (QED) is 0.819. The van der Waals surface area contributed by atoms with Crippen molar-refractivity contribution in [3.63, 3.8) is 0 Å². The summed E-state index contributed by atoms with van der Waals surface area (Å²) in [6.07, 6.45) is 0. The second kappa shape index (κ2) is 6.83. The summed E-state index contributed by atoms with van der Waals surface area (Å²) < 4.78 is 0. The highest BCUT2D eigenvalue weighted by molar-refractivity contribution is 6.35. The lowest BCUT2D eigenvalue weighted by Crippen LogP contribution is -2.09. The molecule has 0 radical (unpaired) electrons. The van der Waals surface area contributed by atoms with E-state index in [1.165, 1.54) is 6.92 Å². The summed E-state index contributed by atoms with van der Waals surface area (Å²) in [5.74, 6) is -0.0885. The maximum atomic E-state index is 11.1. The van der Waals surface area contributed by atoms with Crippen LogP contribution in [-0.4, -0.2) is 5.91 Å².